The molecule has 0 atom stereocenters. The van der Waals surface area contributed by atoms with E-state index >= 15 is 0 Å². The number of allylic oxidation sites excluding steroid dienone is 5. The lowest BCUT2D eigenvalue weighted by Crippen LogP contribution is -2.12. The number of rotatable bonds is 17. The molecule has 156 valence electrons. The largest absolute Gasteiger partial charge is 0.481 e. The number of carbonyl (C=O) groups excluding carboxylic acids is 1. The highest BCUT2D eigenvalue weighted by molar-refractivity contribution is 5.80. The van der Waals surface area contributed by atoms with Crippen molar-refractivity contribution in [1.82, 2.24) is 0 Å². The fraction of sp³-hybridized carbons (Fsp3) is 0.652. The number of unbranched alkanes of at least 4 members (excludes halogenated alkanes) is 8. The molecule has 3 N–H and O–H groups in total. The van der Waals surface area contributed by atoms with Crippen LogP contribution in [0.1, 0.15) is 90.4 Å². The predicted molar refractivity (Wildman–Crippen MR) is 116 cm³/mol. The third kappa shape index (κ3) is 29.3. The van der Waals surface area contributed by atoms with Gasteiger partial charge in [-0.2, -0.15) is 0 Å². The summed E-state index contributed by atoms with van der Waals surface area (Å²) in [6.45, 7) is 5.43. The highest BCUT2D eigenvalue weighted by atomic mass is 16.4. The van der Waals surface area contributed by atoms with Gasteiger partial charge in [0.05, 0.1) is 6.54 Å². The van der Waals surface area contributed by atoms with Crippen molar-refractivity contribution in [2.24, 2.45) is 5.73 Å². The van der Waals surface area contributed by atoms with Gasteiger partial charge in [-0.3, -0.25) is 9.59 Å². The molecule has 0 bridgehead atoms. The van der Waals surface area contributed by atoms with Gasteiger partial charge in [-0.1, -0.05) is 56.1 Å². The molecule has 0 aliphatic heterocycles. The summed E-state index contributed by atoms with van der Waals surface area (Å²) in [5.74, 6) is -0.524. The molecule has 0 spiro atoms. The Labute approximate surface area is 166 Å². The first-order valence-electron chi connectivity index (χ1n) is 10.4. The van der Waals surface area contributed by atoms with Crippen LogP contribution in [0.3, 0.4) is 0 Å². The van der Waals surface area contributed by atoms with Crippen molar-refractivity contribution in [2.45, 2.75) is 90.4 Å². The second-order valence-electron chi connectivity index (χ2n) is 6.63. The highest BCUT2D eigenvalue weighted by Gasteiger charge is 1.97. The van der Waals surface area contributed by atoms with E-state index in [0.29, 0.717) is 12.8 Å². The molecule has 0 amide bonds. The Bertz CT molecular complexity index is 414. The van der Waals surface area contributed by atoms with Crippen molar-refractivity contribution in [3.05, 3.63) is 37.0 Å². The first-order chi connectivity index (χ1) is 13.1. The number of nitrogens with two attached hydrogens (primary N) is 1. The molecule has 0 aromatic carbocycles. The smallest absolute Gasteiger partial charge is 0.303 e. The number of carboxylic acids is 1. The van der Waals surface area contributed by atoms with Gasteiger partial charge in [0.25, 0.3) is 0 Å². The van der Waals surface area contributed by atoms with E-state index in [1.165, 1.54) is 12.8 Å². The quantitative estimate of drug-likeness (QED) is 0.241. The second-order valence-corrected chi connectivity index (χ2v) is 6.63. The molecule has 0 saturated carbocycles. The van der Waals surface area contributed by atoms with Gasteiger partial charge in [-0.05, 0) is 51.9 Å². The molecule has 0 rings (SSSR count). The fourth-order valence-electron chi connectivity index (χ4n) is 2.44. The van der Waals surface area contributed by atoms with Gasteiger partial charge in [-0.15, -0.1) is 6.58 Å². The van der Waals surface area contributed by atoms with E-state index in [1.807, 2.05) is 6.92 Å². The molecule has 0 fully saturated rings. The lowest BCUT2D eigenvalue weighted by atomic mass is 10.1. The predicted octanol–water partition coefficient (Wildman–Crippen LogP) is 5.97. The van der Waals surface area contributed by atoms with Gasteiger partial charge in [0.15, 0.2) is 0 Å². The Kier molecular flexibility index (Phi) is 24.8. The Morgan fingerprint density at radius 3 is 1.78 bits per heavy atom. The molecule has 0 aliphatic rings. The van der Waals surface area contributed by atoms with Gasteiger partial charge in [-0.25, -0.2) is 0 Å². The molecule has 4 nitrogen and oxygen atoms in total. The van der Waals surface area contributed by atoms with E-state index in [-0.39, 0.29) is 12.3 Å². The molecular formula is C23H41NO3. The maximum atomic E-state index is 11.0. The number of Topliss-reactive ketones (excluding diaryl/α,β-unsaturated/α-hetero) is 1. The van der Waals surface area contributed by atoms with Crippen molar-refractivity contribution < 1.29 is 14.7 Å². The zero-order valence-corrected chi connectivity index (χ0v) is 17.3. The van der Waals surface area contributed by atoms with E-state index in [4.69, 9.17) is 10.8 Å². The number of ketones is 1. The van der Waals surface area contributed by atoms with E-state index in [9.17, 15) is 9.59 Å². The third-order valence-electron chi connectivity index (χ3n) is 3.92. The minimum atomic E-state index is -0.687. The lowest BCUT2D eigenvalue weighted by Gasteiger charge is -1.98. The maximum Gasteiger partial charge on any atom is 0.303 e. The summed E-state index contributed by atoms with van der Waals surface area (Å²) in [6.07, 6.45) is 23.3. The Balaban J connectivity index is 0. The van der Waals surface area contributed by atoms with Crippen molar-refractivity contribution in [1.29, 1.82) is 0 Å². The monoisotopic (exact) mass is 379 g/mol. The third-order valence-corrected chi connectivity index (χ3v) is 3.92. The first-order valence-corrected chi connectivity index (χ1v) is 10.4. The Hall–Kier alpha value is -1.68. The summed E-state index contributed by atoms with van der Waals surface area (Å²) in [4.78, 5) is 21.4. The molecule has 4 heteroatoms. The van der Waals surface area contributed by atoms with E-state index in [2.05, 4.69) is 30.9 Å². The lowest BCUT2D eigenvalue weighted by molar-refractivity contribution is -0.137. The summed E-state index contributed by atoms with van der Waals surface area (Å²) in [7, 11) is 0. The molecule has 0 radical (unpaired) electrons. The average Bonchev–Trinajstić information content (AvgIpc) is 2.64. The highest BCUT2D eigenvalue weighted by Crippen LogP contribution is 2.08. The summed E-state index contributed by atoms with van der Waals surface area (Å²) >= 11 is 0. The van der Waals surface area contributed by atoms with Crippen molar-refractivity contribution in [2.75, 3.05) is 6.54 Å². The van der Waals surface area contributed by atoms with Gasteiger partial charge in [0.2, 0.25) is 0 Å². The first kappa shape index (κ1) is 27.5. The van der Waals surface area contributed by atoms with Crippen LogP contribution in [0.4, 0.5) is 0 Å². The SMILES string of the molecule is C=CC.NCC(=O)CCCCC/C=C\C/C=C\CCCCCCCC(=O)O. The van der Waals surface area contributed by atoms with Crippen LogP contribution in [0.15, 0.2) is 37.0 Å². The Morgan fingerprint density at radius 1 is 0.815 bits per heavy atom. The molecule has 0 saturated heterocycles. The summed E-state index contributed by atoms with van der Waals surface area (Å²) in [6, 6.07) is 0. The molecule has 0 aromatic rings. The number of aliphatic carboxylic acids is 1. The van der Waals surface area contributed by atoms with Crippen molar-refractivity contribution in [3.63, 3.8) is 0 Å². The van der Waals surface area contributed by atoms with Crippen molar-refractivity contribution in [3.8, 4) is 0 Å². The van der Waals surface area contributed by atoms with Gasteiger partial charge in [0.1, 0.15) is 5.78 Å². The minimum Gasteiger partial charge on any atom is -0.481 e. The number of hydrogen-bond acceptors (Lipinski definition) is 3. The van der Waals surface area contributed by atoms with E-state index < -0.39 is 5.97 Å². The molecule has 0 heterocycles. The number of carboxylic acid groups (broad SMARTS) is 1. The number of hydrogen-bond donors (Lipinski definition) is 2. The van der Waals surface area contributed by atoms with Gasteiger partial charge in [0, 0.05) is 12.8 Å². The van der Waals surface area contributed by atoms with Crippen LogP contribution in [0.5, 0.6) is 0 Å². The van der Waals surface area contributed by atoms with Crippen LogP contribution in [-0.2, 0) is 9.59 Å². The molecular weight excluding hydrogens is 338 g/mol. The topological polar surface area (TPSA) is 80.4 Å². The second kappa shape index (κ2) is 24.3. The van der Waals surface area contributed by atoms with Crippen LogP contribution in [0.2, 0.25) is 0 Å². The fourth-order valence-corrected chi connectivity index (χ4v) is 2.44. The van der Waals surface area contributed by atoms with Crippen LogP contribution < -0.4 is 5.73 Å². The van der Waals surface area contributed by atoms with Crippen LogP contribution in [0, 0.1) is 0 Å². The average molecular weight is 380 g/mol. The normalized spacial score (nSPS) is 10.7. The molecule has 0 aromatic heterocycles. The maximum absolute atomic E-state index is 11.0. The standard InChI is InChI=1S/C20H35NO3.C3H6/c21-18-19(22)16-14-12-10-8-6-4-2-1-3-5-7-9-11-13-15-17-20(23)24;1-3-2/h1,3-4,6H,2,5,7-18,21H2,(H,23,24);3H,1H2,2H3/b3-1-,6-4-;. The summed E-state index contributed by atoms with van der Waals surface area (Å²) in [5, 5.41) is 8.53. The van der Waals surface area contributed by atoms with Gasteiger partial charge >= 0.3 is 5.97 Å². The zero-order valence-electron chi connectivity index (χ0n) is 17.3. The minimum absolute atomic E-state index is 0.163. The van der Waals surface area contributed by atoms with Gasteiger partial charge < -0.3 is 10.8 Å². The Morgan fingerprint density at radius 2 is 1.26 bits per heavy atom. The van der Waals surface area contributed by atoms with E-state index in [0.717, 1.165) is 57.8 Å². The van der Waals surface area contributed by atoms with Crippen LogP contribution in [-0.4, -0.2) is 23.4 Å². The van der Waals surface area contributed by atoms with Crippen LogP contribution >= 0.6 is 0 Å². The number of carbonyl (C=O) groups is 2. The zero-order chi connectivity index (χ0) is 20.6. The summed E-state index contributed by atoms with van der Waals surface area (Å²) < 4.78 is 0. The van der Waals surface area contributed by atoms with Crippen LogP contribution in [0.25, 0.3) is 0 Å². The van der Waals surface area contributed by atoms with Crippen molar-refractivity contribution >= 4 is 11.8 Å². The summed E-state index contributed by atoms with van der Waals surface area (Å²) in [5.41, 5.74) is 5.26. The van der Waals surface area contributed by atoms with E-state index in [1.54, 1.807) is 6.08 Å². The molecule has 0 aliphatic carbocycles. The molecule has 0 unspecified atom stereocenters. The molecule has 27 heavy (non-hydrogen) atoms.